The zero-order valence-electron chi connectivity index (χ0n) is 16.6. The molecule has 0 unspecified atom stereocenters. The van der Waals surface area contributed by atoms with E-state index in [2.05, 4.69) is 29.1 Å². The number of amides is 1. The van der Waals surface area contributed by atoms with Gasteiger partial charge in [0.15, 0.2) is 6.61 Å². The van der Waals surface area contributed by atoms with Crippen LogP contribution in [0.5, 0.6) is 0 Å². The summed E-state index contributed by atoms with van der Waals surface area (Å²) in [6.45, 7) is 5.67. The number of ether oxygens (including phenoxy) is 1. The Kier molecular flexibility index (Phi) is 6.72. The van der Waals surface area contributed by atoms with Crippen LogP contribution in [-0.4, -0.2) is 28.5 Å². The third kappa shape index (κ3) is 5.26. The number of aromatic nitrogens is 2. The maximum absolute atomic E-state index is 12.4. The third-order valence-electron chi connectivity index (χ3n) is 4.58. The number of aryl methyl sites for hydroxylation is 1. The Balaban J connectivity index is 1.56. The highest BCUT2D eigenvalue weighted by atomic mass is 32.1. The van der Waals surface area contributed by atoms with Gasteiger partial charge in [0, 0.05) is 11.9 Å². The molecule has 6 nitrogen and oxygen atoms in total. The van der Waals surface area contributed by atoms with E-state index in [0.29, 0.717) is 32.9 Å². The molecule has 3 aromatic rings. The molecule has 150 valence electrons. The molecule has 0 saturated carbocycles. The van der Waals surface area contributed by atoms with Gasteiger partial charge < -0.3 is 10.1 Å². The van der Waals surface area contributed by atoms with E-state index in [0.717, 1.165) is 6.42 Å². The predicted molar refractivity (Wildman–Crippen MR) is 114 cm³/mol. The first-order chi connectivity index (χ1) is 14.0. The first kappa shape index (κ1) is 20.7. The fraction of sp³-hybridized carbons (Fsp3) is 0.273. The van der Waals surface area contributed by atoms with E-state index in [1.54, 1.807) is 13.1 Å². The quantitative estimate of drug-likeness (QED) is 0.566. The second-order valence-corrected chi connectivity index (χ2v) is 7.70. The molecule has 29 heavy (non-hydrogen) atoms. The van der Waals surface area contributed by atoms with E-state index in [1.165, 1.54) is 16.9 Å². The fourth-order valence-electron chi connectivity index (χ4n) is 2.71. The maximum atomic E-state index is 12.4. The Morgan fingerprint density at radius 1 is 1.17 bits per heavy atom. The van der Waals surface area contributed by atoms with Crippen molar-refractivity contribution in [2.45, 2.75) is 33.1 Å². The number of rotatable bonds is 7. The Labute approximate surface area is 174 Å². The first-order valence-electron chi connectivity index (χ1n) is 9.43. The molecule has 1 aromatic carbocycles. The van der Waals surface area contributed by atoms with Crippen LogP contribution >= 0.6 is 11.3 Å². The number of nitrogens with zero attached hydrogens (tertiary/aromatic N) is 2. The second-order valence-electron chi connectivity index (χ2n) is 6.70. The first-order valence-corrected chi connectivity index (χ1v) is 10.2. The van der Waals surface area contributed by atoms with Gasteiger partial charge in [0.1, 0.15) is 9.88 Å². The molecule has 0 spiro atoms. The van der Waals surface area contributed by atoms with Gasteiger partial charge in [-0.3, -0.25) is 9.78 Å². The third-order valence-corrected chi connectivity index (χ3v) is 5.74. The van der Waals surface area contributed by atoms with Crippen molar-refractivity contribution in [1.29, 1.82) is 0 Å². The lowest BCUT2D eigenvalue weighted by Gasteiger charge is -2.10. The number of hydrogen-bond acceptors (Lipinski definition) is 6. The minimum absolute atomic E-state index is 0.359. The molecule has 0 fully saturated rings. The van der Waals surface area contributed by atoms with Crippen LogP contribution in [0.2, 0.25) is 0 Å². The molecule has 7 heteroatoms. The van der Waals surface area contributed by atoms with Crippen LogP contribution in [0.3, 0.4) is 0 Å². The van der Waals surface area contributed by atoms with E-state index < -0.39 is 5.97 Å². The van der Waals surface area contributed by atoms with Crippen LogP contribution in [0.1, 0.15) is 47.1 Å². The molecule has 0 radical (unpaired) electrons. The molecule has 0 bridgehead atoms. The Bertz CT molecular complexity index is 984. The van der Waals surface area contributed by atoms with Crippen molar-refractivity contribution in [2.75, 3.05) is 11.9 Å². The summed E-state index contributed by atoms with van der Waals surface area (Å²) in [5.41, 5.74) is 3.14. The highest BCUT2D eigenvalue weighted by molar-refractivity contribution is 7.17. The lowest BCUT2D eigenvalue weighted by molar-refractivity contribution is -0.119. The molecule has 0 aliphatic carbocycles. The standard InChI is InChI=1S/C22H23N3O3S/c1-4-14(2)16-8-10-17(11-9-16)25-19(26)13-28-22(27)20-15(3)24-21(29-20)18-7-5-6-12-23-18/h5-12,14H,4,13H2,1-3H3,(H,25,26)/t14-/m1/s1. The number of thiazole rings is 1. The topological polar surface area (TPSA) is 81.2 Å². The molecule has 0 saturated heterocycles. The van der Waals surface area contributed by atoms with Gasteiger partial charge in [0.25, 0.3) is 5.91 Å². The molecule has 1 N–H and O–H groups in total. The summed E-state index contributed by atoms with van der Waals surface area (Å²) in [5.74, 6) is -0.481. The van der Waals surface area contributed by atoms with Crippen LogP contribution in [0, 0.1) is 6.92 Å². The molecule has 3 rings (SSSR count). The highest BCUT2D eigenvalue weighted by Crippen LogP contribution is 2.27. The van der Waals surface area contributed by atoms with Crippen molar-refractivity contribution in [2.24, 2.45) is 0 Å². The summed E-state index contributed by atoms with van der Waals surface area (Å²) >= 11 is 1.20. The van der Waals surface area contributed by atoms with Crippen LogP contribution in [-0.2, 0) is 9.53 Å². The smallest absolute Gasteiger partial charge is 0.350 e. The van der Waals surface area contributed by atoms with Gasteiger partial charge in [0.2, 0.25) is 0 Å². The molecule has 0 aliphatic rings. The number of esters is 1. The van der Waals surface area contributed by atoms with Crippen LogP contribution in [0.15, 0.2) is 48.7 Å². The van der Waals surface area contributed by atoms with Crippen molar-refractivity contribution in [3.05, 3.63) is 64.8 Å². The molecule has 0 aliphatic heterocycles. The van der Waals surface area contributed by atoms with Gasteiger partial charge in [-0.05, 0) is 49.1 Å². The fourth-order valence-corrected chi connectivity index (χ4v) is 3.65. The van der Waals surface area contributed by atoms with Crippen LogP contribution < -0.4 is 5.32 Å². The number of carbonyl (C=O) groups is 2. The van der Waals surface area contributed by atoms with Gasteiger partial charge in [-0.25, -0.2) is 9.78 Å². The van der Waals surface area contributed by atoms with Gasteiger partial charge in [-0.15, -0.1) is 11.3 Å². The lowest BCUT2D eigenvalue weighted by Crippen LogP contribution is -2.20. The van der Waals surface area contributed by atoms with Crippen molar-refractivity contribution < 1.29 is 14.3 Å². The minimum atomic E-state index is -0.565. The number of benzene rings is 1. The van der Waals surface area contributed by atoms with Gasteiger partial charge in [-0.1, -0.05) is 32.0 Å². The minimum Gasteiger partial charge on any atom is -0.451 e. The number of anilines is 1. The number of hydrogen-bond donors (Lipinski definition) is 1. The molecule has 2 heterocycles. The summed E-state index contributed by atoms with van der Waals surface area (Å²) in [6.07, 6.45) is 2.73. The Morgan fingerprint density at radius 2 is 1.93 bits per heavy atom. The van der Waals surface area contributed by atoms with E-state index in [-0.39, 0.29) is 12.5 Å². The van der Waals surface area contributed by atoms with E-state index in [9.17, 15) is 9.59 Å². The van der Waals surface area contributed by atoms with Crippen molar-refractivity contribution in [1.82, 2.24) is 9.97 Å². The summed E-state index contributed by atoms with van der Waals surface area (Å²) in [6, 6.07) is 13.2. The zero-order chi connectivity index (χ0) is 20.8. The van der Waals surface area contributed by atoms with Gasteiger partial charge in [-0.2, -0.15) is 0 Å². The molecule has 2 aromatic heterocycles. The van der Waals surface area contributed by atoms with E-state index in [1.807, 2.05) is 42.5 Å². The molecular formula is C22H23N3O3S. The monoisotopic (exact) mass is 409 g/mol. The van der Waals surface area contributed by atoms with Gasteiger partial charge >= 0.3 is 5.97 Å². The number of carbonyl (C=O) groups excluding carboxylic acids is 2. The van der Waals surface area contributed by atoms with E-state index in [4.69, 9.17) is 4.74 Å². The van der Waals surface area contributed by atoms with Crippen LogP contribution in [0.25, 0.3) is 10.7 Å². The zero-order valence-corrected chi connectivity index (χ0v) is 17.5. The normalized spacial score (nSPS) is 11.7. The van der Waals surface area contributed by atoms with Crippen LogP contribution in [0.4, 0.5) is 5.69 Å². The summed E-state index contributed by atoms with van der Waals surface area (Å²) in [7, 11) is 0. The number of nitrogens with one attached hydrogen (secondary N) is 1. The van der Waals surface area contributed by atoms with Crippen molar-refractivity contribution in [3.8, 4) is 10.7 Å². The average molecular weight is 410 g/mol. The second kappa shape index (κ2) is 9.43. The Hall–Kier alpha value is -3.06. The molecule has 1 atom stereocenters. The average Bonchev–Trinajstić information content (AvgIpc) is 3.14. The molecule has 1 amide bonds. The summed E-state index contributed by atoms with van der Waals surface area (Å²) in [5, 5.41) is 3.38. The summed E-state index contributed by atoms with van der Waals surface area (Å²) < 4.78 is 5.17. The van der Waals surface area contributed by atoms with Crippen molar-refractivity contribution >= 4 is 28.9 Å². The van der Waals surface area contributed by atoms with Gasteiger partial charge in [0.05, 0.1) is 11.4 Å². The molecular weight excluding hydrogens is 386 g/mol. The largest absolute Gasteiger partial charge is 0.451 e. The van der Waals surface area contributed by atoms with Crippen molar-refractivity contribution in [3.63, 3.8) is 0 Å². The predicted octanol–water partition coefficient (Wildman–Crippen LogP) is 4.82. The SMILES string of the molecule is CC[C@@H](C)c1ccc(NC(=O)COC(=O)c2sc(-c3ccccn3)nc2C)cc1. The maximum Gasteiger partial charge on any atom is 0.350 e. The lowest BCUT2D eigenvalue weighted by atomic mass is 9.99. The number of pyridine rings is 1. The summed E-state index contributed by atoms with van der Waals surface area (Å²) in [4.78, 5) is 33.5. The van der Waals surface area contributed by atoms with E-state index >= 15 is 0 Å². The highest BCUT2D eigenvalue weighted by Gasteiger charge is 2.19. The Morgan fingerprint density at radius 3 is 2.59 bits per heavy atom.